The van der Waals surface area contributed by atoms with Crippen molar-refractivity contribution in [3.05, 3.63) is 41.7 Å². The smallest absolute Gasteiger partial charge is 0.382 e. The van der Waals surface area contributed by atoms with Crippen LogP contribution in [0.5, 0.6) is 0 Å². The average molecular weight is 317 g/mol. The average Bonchev–Trinajstić information content (AvgIpc) is 2.86. The molecule has 1 unspecified atom stereocenters. The minimum atomic E-state index is -4.32. The maximum atomic E-state index is 12.3. The first kappa shape index (κ1) is 15.8. The van der Waals surface area contributed by atoms with Gasteiger partial charge in [-0.1, -0.05) is 24.3 Å². The monoisotopic (exact) mass is 317 g/mol. The van der Waals surface area contributed by atoms with Gasteiger partial charge >= 0.3 is 5.51 Å². The van der Waals surface area contributed by atoms with Crippen molar-refractivity contribution in [2.75, 3.05) is 0 Å². The van der Waals surface area contributed by atoms with E-state index in [2.05, 4.69) is 10.3 Å². The molecule has 1 atom stereocenters. The van der Waals surface area contributed by atoms with Crippen LogP contribution in [0, 0.1) is 0 Å². The van der Waals surface area contributed by atoms with E-state index in [9.17, 15) is 18.3 Å². The molecule has 21 heavy (non-hydrogen) atoms. The zero-order valence-corrected chi connectivity index (χ0v) is 12.0. The highest BCUT2D eigenvalue weighted by molar-refractivity contribution is 8.00. The Balaban J connectivity index is 2.16. The zero-order chi connectivity index (χ0) is 15.5. The van der Waals surface area contributed by atoms with Gasteiger partial charge in [-0.25, -0.2) is 4.68 Å². The van der Waals surface area contributed by atoms with Gasteiger partial charge in [0.1, 0.15) is 6.10 Å². The highest BCUT2D eigenvalue weighted by atomic mass is 32.2. The first-order valence-corrected chi connectivity index (χ1v) is 7.14. The molecule has 0 bridgehead atoms. The van der Waals surface area contributed by atoms with Gasteiger partial charge in [0.2, 0.25) is 0 Å². The SMILES string of the molecule is CCCn1nncc1C(O)c1ccc(SC(F)(F)F)cc1. The molecule has 0 fully saturated rings. The fourth-order valence-electron chi connectivity index (χ4n) is 1.89. The lowest BCUT2D eigenvalue weighted by atomic mass is 10.1. The molecular formula is C13H14F3N3OS. The summed E-state index contributed by atoms with van der Waals surface area (Å²) >= 11 is -0.182. The summed E-state index contributed by atoms with van der Waals surface area (Å²) in [5, 5.41) is 17.9. The van der Waals surface area contributed by atoms with Crippen LogP contribution in [0.4, 0.5) is 13.2 Å². The Morgan fingerprint density at radius 1 is 1.29 bits per heavy atom. The zero-order valence-electron chi connectivity index (χ0n) is 11.2. The molecule has 114 valence electrons. The second-order valence-corrected chi connectivity index (χ2v) is 5.54. The van der Waals surface area contributed by atoms with Crippen LogP contribution in [0.2, 0.25) is 0 Å². The molecule has 0 spiro atoms. The van der Waals surface area contributed by atoms with Crippen LogP contribution in [-0.4, -0.2) is 25.6 Å². The molecule has 4 nitrogen and oxygen atoms in total. The van der Waals surface area contributed by atoms with Gasteiger partial charge in [0.15, 0.2) is 0 Å². The molecule has 0 aliphatic rings. The fourth-order valence-corrected chi connectivity index (χ4v) is 2.42. The molecule has 0 amide bonds. The Morgan fingerprint density at radius 3 is 2.52 bits per heavy atom. The third kappa shape index (κ3) is 4.21. The minimum Gasteiger partial charge on any atom is -0.382 e. The molecule has 0 saturated heterocycles. The number of aliphatic hydroxyl groups excluding tert-OH is 1. The Morgan fingerprint density at radius 2 is 1.95 bits per heavy atom. The molecule has 0 aliphatic heterocycles. The molecule has 8 heteroatoms. The summed E-state index contributed by atoms with van der Waals surface area (Å²) in [5.41, 5.74) is -3.29. The van der Waals surface area contributed by atoms with Crippen LogP contribution in [0.15, 0.2) is 35.4 Å². The van der Waals surface area contributed by atoms with E-state index in [0.29, 0.717) is 17.8 Å². The third-order valence-corrected chi connectivity index (χ3v) is 3.53. The van der Waals surface area contributed by atoms with Gasteiger partial charge in [-0.15, -0.1) is 5.10 Å². The molecule has 1 N–H and O–H groups in total. The molecule has 1 heterocycles. The van der Waals surface area contributed by atoms with E-state index >= 15 is 0 Å². The minimum absolute atomic E-state index is 0.0821. The van der Waals surface area contributed by atoms with Crippen molar-refractivity contribution in [1.29, 1.82) is 0 Å². The van der Waals surface area contributed by atoms with E-state index in [1.807, 2.05) is 6.92 Å². The van der Waals surface area contributed by atoms with Gasteiger partial charge in [-0.2, -0.15) is 13.2 Å². The normalized spacial score (nSPS) is 13.4. The molecule has 1 aromatic heterocycles. The number of aromatic nitrogens is 3. The molecule has 2 aromatic rings. The predicted octanol–water partition coefficient (Wildman–Crippen LogP) is 3.38. The summed E-state index contributed by atoms with van der Waals surface area (Å²) in [6.07, 6.45) is 1.33. The largest absolute Gasteiger partial charge is 0.446 e. The Labute approximate surface area is 124 Å². The summed E-state index contributed by atoms with van der Waals surface area (Å²) < 4.78 is 38.4. The van der Waals surface area contributed by atoms with Crippen molar-refractivity contribution in [3.63, 3.8) is 0 Å². The van der Waals surface area contributed by atoms with Crippen LogP contribution in [0.3, 0.4) is 0 Å². The van der Waals surface area contributed by atoms with E-state index in [4.69, 9.17) is 0 Å². The molecule has 1 aromatic carbocycles. The van der Waals surface area contributed by atoms with Crippen LogP contribution >= 0.6 is 11.8 Å². The van der Waals surface area contributed by atoms with E-state index < -0.39 is 11.6 Å². The number of thioether (sulfide) groups is 1. The van der Waals surface area contributed by atoms with Crippen LogP contribution in [0.1, 0.15) is 30.7 Å². The lowest BCUT2D eigenvalue weighted by Crippen LogP contribution is -2.10. The van der Waals surface area contributed by atoms with Crippen molar-refractivity contribution in [2.45, 2.75) is 36.4 Å². The number of benzene rings is 1. The number of halogens is 3. The van der Waals surface area contributed by atoms with Gasteiger partial charge in [-0.05, 0) is 35.9 Å². The Hall–Kier alpha value is -1.54. The summed E-state index contributed by atoms with van der Waals surface area (Å²) in [5.74, 6) is 0. The summed E-state index contributed by atoms with van der Waals surface area (Å²) in [7, 11) is 0. The Kier molecular flexibility index (Phi) is 4.89. The number of alkyl halides is 3. The van der Waals surface area contributed by atoms with Gasteiger partial charge in [0, 0.05) is 11.4 Å². The molecular weight excluding hydrogens is 303 g/mol. The van der Waals surface area contributed by atoms with Crippen LogP contribution in [-0.2, 0) is 6.54 Å². The standard InChI is InChI=1S/C13H14F3N3OS/c1-2-7-19-11(8-17-18-19)12(20)9-3-5-10(6-4-9)21-13(14,15)16/h3-6,8,12,20H,2,7H2,1H3. The van der Waals surface area contributed by atoms with Gasteiger partial charge in [-0.3, -0.25) is 0 Å². The molecule has 0 radical (unpaired) electrons. The van der Waals surface area contributed by atoms with Crippen molar-refractivity contribution in [2.24, 2.45) is 0 Å². The summed E-state index contributed by atoms with van der Waals surface area (Å²) in [6, 6.07) is 5.62. The molecule has 0 aliphatic carbocycles. The summed E-state index contributed by atoms with van der Waals surface area (Å²) in [4.78, 5) is 0.0821. The van der Waals surface area contributed by atoms with E-state index in [-0.39, 0.29) is 16.7 Å². The van der Waals surface area contributed by atoms with Gasteiger partial charge in [0.05, 0.1) is 11.9 Å². The molecule has 2 rings (SSSR count). The van der Waals surface area contributed by atoms with Crippen LogP contribution < -0.4 is 0 Å². The lowest BCUT2D eigenvalue weighted by Gasteiger charge is -2.13. The van der Waals surface area contributed by atoms with E-state index in [1.54, 1.807) is 4.68 Å². The first-order chi connectivity index (χ1) is 9.90. The van der Waals surface area contributed by atoms with Crippen molar-refractivity contribution < 1.29 is 18.3 Å². The van der Waals surface area contributed by atoms with E-state index in [1.165, 1.54) is 30.5 Å². The van der Waals surface area contributed by atoms with Crippen molar-refractivity contribution >= 4 is 11.8 Å². The number of nitrogens with zero attached hydrogens (tertiary/aromatic N) is 3. The highest BCUT2D eigenvalue weighted by Gasteiger charge is 2.29. The van der Waals surface area contributed by atoms with Crippen LogP contribution in [0.25, 0.3) is 0 Å². The lowest BCUT2D eigenvalue weighted by molar-refractivity contribution is -0.0328. The maximum Gasteiger partial charge on any atom is 0.446 e. The second kappa shape index (κ2) is 6.48. The number of hydrogen-bond donors (Lipinski definition) is 1. The number of aryl methyl sites for hydroxylation is 1. The Bertz CT molecular complexity index is 583. The topological polar surface area (TPSA) is 50.9 Å². The van der Waals surface area contributed by atoms with E-state index in [0.717, 1.165) is 6.42 Å². The van der Waals surface area contributed by atoms with Crippen molar-refractivity contribution in [3.8, 4) is 0 Å². The number of hydrogen-bond acceptors (Lipinski definition) is 4. The number of aliphatic hydroxyl groups is 1. The third-order valence-electron chi connectivity index (χ3n) is 2.79. The fraction of sp³-hybridized carbons (Fsp3) is 0.385. The number of rotatable bonds is 5. The highest BCUT2D eigenvalue weighted by Crippen LogP contribution is 2.37. The second-order valence-electron chi connectivity index (χ2n) is 4.40. The molecule has 0 saturated carbocycles. The quantitative estimate of drug-likeness (QED) is 0.859. The predicted molar refractivity (Wildman–Crippen MR) is 72.7 cm³/mol. The maximum absolute atomic E-state index is 12.3. The first-order valence-electron chi connectivity index (χ1n) is 6.33. The summed E-state index contributed by atoms with van der Waals surface area (Å²) in [6.45, 7) is 2.59. The van der Waals surface area contributed by atoms with Crippen molar-refractivity contribution in [1.82, 2.24) is 15.0 Å². The van der Waals surface area contributed by atoms with Gasteiger partial charge < -0.3 is 5.11 Å². The van der Waals surface area contributed by atoms with Gasteiger partial charge in [0.25, 0.3) is 0 Å².